The Morgan fingerprint density at radius 2 is 2.08 bits per heavy atom. The van der Waals surface area contributed by atoms with Crippen LogP contribution in [0.4, 0.5) is 0 Å². The van der Waals surface area contributed by atoms with Crippen molar-refractivity contribution in [1.82, 2.24) is 20.0 Å². The maximum atomic E-state index is 12.4. The van der Waals surface area contributed by atoms with Gasteiger partial charge in [-0.1, -0.05) is 5.16 Å². The number of rotatable bonds is 8. The van der Waals surface area contributed by atoms with Crippen LogP contribution in [0, 0.1) is 0 Å². The number of nitrogens with zero attached hydrogens (tertiary/aromatic N) is 4. The maximum absolute atomic E-state index is 12.4. The topological polar surface area (TPSA) is 85.3 Å². The van der Waals surface area contributed by atoms with E-state index in [0.717, 1.165) is 5.56 Å². The van der Waals surface area contributed by atoms with Gasteiger partial charge in [-0.2, -0.15) is 4.98 Å². The van der Waals surface area contributed by atoms with E-state index < -0.39 is 0 Å². The van der Waals surface area contributed by atoms with Crippen molar-refractivity contribution >= 4 is 5.91 Å². The molecule has 7 heteroatoms. The highest BCUT2D eigenvalue weighted by Crippen LogP contribution is 2.16. The fourth-order valence-corrected chi connectivity index (χ4v) is 2.50. The lowest BCUT2D eigenvalue weighted by Crippen LogP contribution is -2.30. The van der Waals surface area contributed by atoms with E-state index in [0.29, 0.717) is 49.8 Å². The van der Waals surface area contributed by atoms with Crippen LogP contribution in [0.5, 0.6) is 0 Å². The van der Waals surface area contributed by atoms with Crippen LogP contribution >= 0.6 is 0 Å². The molecule has 130 valence electrons. The number of carbonyl (C=O) groups excluding carboxylic acids is 1. The Kier molecular flexibility index (Phi) is 5.56. The van der Waals surface area contributed by atoms with Crippen LogP contribution in [0.1, 0.15) is 31.2 Å². The molecule has 7 nitrogen and oxygen atoms in total. The van der Waals surface area contributed by atoms with E-state index in [4.69, 9.17) is 8.94 Å². The van der Waals surface area contributed by atoms with Crippen molar-refractivity contribution in [2.75, 3.05) is 6.54 Å². The van der Waals surface area contributed by atoms with Crippen molar-refractivity contribution in [2.45, 2.75) is 32.7 Å². The summed E-state index contributed by atoms with van der Waals surface area (Å²) in [6, 6.07) is 7.39. The number of furan rings is 1. The fourth-order valence-electron chi connectivity index (χ4n) is 2.50. The zero-order valence-electron chi connectivity index (χ0n) is 14.1. The summed E-state index contributed by atoms with van der Waals surface area (Å²) in [4.78, 5) is 22.5. The summed E-state index contributed by atoms with van der Waals surface area (Å²) in [5.41, 5.74) is 1.07. The van der Waals surface area contributed by atoms with Crippen LogP contribution in [0.25, 0.3) is 11.6 Å². The van der Waals surface area contributed by atoms with E-state index >= 15 is 0 Å². The van der Waals surface area contributed by atoms with E-state index in [-0.39, 0.29) is 5.91 Å². The Morgan fingerprint density at radius 1 is 1.24 bits per heavy atom. The summed E-state index contributed by atoms with van der Waals surface area (Å²) in [6.07, 6.45) is 6.70. The van der Waals surface area contributed by atoms with Gasteiger partial charge in [-0.3, -0.25) is 9.78 Å². The third-order valence-corrected chi connectivity index (χ3v) is 3.85. The second kappa shape index (κ2) is 8.23. The van der Waals surface area contributed by atoms with Crippen molar-refractivity contribution < 1.29 is 13.7 Å². The number of aryl methyl sites for hydroxylation is 1. The first kappa shape index (κ1) is 16.9. The van der Waals surface area contributed by atoms with Gasteiger partial charge in [0.05, 0.1) is 6.26 Å². The summed E-state index contributed by atoms with van der Waals surface area (Å²) in [7, 11) is 0. The van der Waals surface area contributed by atoms with E-state index in [1.807, 2.05) is 24.0 Å². The molecule has 0 unspecified atom stereocenters. The summed E-state index contributed by atoms with van der Waals surface area (Å²) in [6.45, 7) is 3.25. The third kappa shape index (κ3) is 4.53. The minimum Gasteiger partial charge on any atom is -0.461 e. The van der Waals surface area contributed by atoms with Crippen LogP contribution in [-0.2, 0) is 17.8 Å². The molecule has 0 radical (unpaired) electrons. The molecule has 3 aromatic heterocycles. The largest absolute Gasteiger partial charge is 0.461 e. The van der Waals surface area contributed by atoms with E-state index in [9.17, 15) is 4.79 Å². The molecule has 0 fully saturated rings. The molecule has 3 rings (SSSR count). The standard InChI is InChI=1S/C18H20N4O3/c1-2-22(13-14-8-10-19-11-9-14)17(23)7-3-6-16-20-18(21-25-16)15-5-4-12-24-15/h4-5,8-12H,2-3,6-7,13H2,1H3. The second-order valence-electron chi connectivity index (χ2n) is 5.61. The van der Waals surface area contributed by atoms with Crippen LogP contribution in [0.3, 0.4) is 0 Å². The maximum Gasteiger partial charge on any atom is 0.238 e. The van der Waals surface area contributed by atoms with Crippen molar-refractivity contribution in [3.05, 3.63) is 54.4 Å². The van der Waals surface area contributed by atoms with Gasteiger partial charge in [-0.25, -0.2) is 0 Å². The Labute approximate surface area is 145 Å². The normalized spacial score (nSPS) is 10.8. The molecule has 25 heavy (non-hydrogen) atoms. The molecular formula is C18H20N4O3. The quantitative estimate of drug-likeness (QED) is 0.626. The summed E-state index contributed by atoms with van der Waals surface area (Å²) in [5.74, 6) is 1.63. The molecule has 0 N–H and O–H groups in total. The molecule has 3 heterocycles. The van der Waals surface area contributed by atoms with Gasteiger partial charge in [-0.15, -0.1) is 0 Å². The lowest BCUT2D eigenvalue weighted by molar-refractivity contribution is -0.131. The molecule has 0 bridgehead atoms. The number of aromatic nitrogens is 3. The molecule has 0 atom stereocenters. The highest BCUT2D eigenvalue weighted by molar-refractivity contribution is 5.76. The summed E-state index contributed by atoms with van der Waals surface area (Å²) in [5, 5.41) is 3.88. The minimum atomic E-state index is 0.116. The molecule has 0 aliphatic carbocycles. The Morgan fingerprint density at radius 3 is 2.80 bits per heavy atom. The van der Waals surface area contributed by atoms with Crippen LogP contribution in [-0.4, -0.2) is 32.5 Å². The molecule has 1 amide bonds. The van der Waals surface area contributed by atoms with Gasteiger partial charge in [0.15, 0.2) is 5.76 Å². The molecule has 0 aliphatic rings. The van der Waals surface area contributed by atoms with Gasteiger partial charge in [0.1, 0.15) is 0 Å². The van der Waals surface area contributed by atoms with Gasteiger partial charge in [0.2, 0.25) is 17.6 Å². The number of pyridine rings is 1. The summed E-state index contributed by atoms with van der Waals surface area (Å²) < 4.78 is 10.4. The first-order valence-corrected chi connectivity index (χ1v) is 8.29. The SMILES string of the molecule is CCN(Cc1ccncc1)C(=O)CCCc1nc(-c2ccco2)no1. The zero-order valence-corrected chi connectivity index (χ0v) is 14.1. The average Bonchev–Trinajstić information content (AvgIpc) is 3.32. The molecule has 0 aromatic carbocycles. The van der Waals surface area contributed by atoms with Crippen molar-refractivity contribution in [2.24, 2.45) is 0 Å². The molecular weight excluding hydrogens is 320 g/mol. The minimum absolute atomic E-state index is 0.116. The molecule has 0 aliphatic heterocycles. The predicted octanol–water partition coefficient (Wildman–Crippen LogP) is 3.10. The lowest BCUT2D eigenvalue weighted by Gasteiger charge is -2.20. The summed E-state index contributed by atoms with van der Waals surface area (Å²) >= 11 is 0. The van der Waals surface area contributed by atoms with E-state index in [2.05, 4.69) is 15.1 Å². The van der Waals surface area contributed by atoms with Gasteiger partial charge in [0.25, 0.3) is 0 Å². The molecule has 0 saturated carbocycles. The lowest BCUT2D eigenvalue weighted by atomic mass is 10.2. The van der Waals surface area contributed by atoms with Gasteiger partial charge < -0.3 is 13.8 Å². The first-order valence-electron chi connectivity index (χ1n) is 8.29. The van der Waals surface area contributed by atoms with Gasteiger partial charge >= 0.3 is 0 Å². The predicted molar refractivity (Wildman–Crippen MR) is 90.3 cm³/mol. The van der Waals surface area contributed by atoms with Gasteiger partial charge in [0, 0.05) is 38.3 Å². The number of hydrogen-bond acceptors (Lipinski definition) is 6. The smallest absolute Gasteiger partial charge is 0.238 e. The molecule has 3 aromatic rings. The Balaban J connectivity index is 1.48. The van der Waals surface area contributed by atoms with Crippen LogP contribution in [0.2, 0.25) is 0 Å². The van der Waals surface area contributed by atoms with E-state index in [1.165, 1.54) is 0 Å². The second-order valence-corrected chi connectivity index (χ2v) is 5.61. The monoisotopic (exact) mass is 340 g/mol. The Hall–Kier alpha value is -2.96. The number of amides is 1. The third-order valence-electron chi connectivity index (χ3n) is 3.85. The van der Waals surface area contributed by atoms with Crippen molar-refractivity contribution in [1.29, 1.82) is 0 Å². The van der Waals surface area contributed by atoms with Crippen molar-refractivity contribution in [3.8, 4) is 11.6 Å². The molecule has 0 saturated heterocycles. The van der Waals surface area contributed by atoms with E-state index in [1.54, 1.807) is 30.8 Å². The molecule has 0 spiro atoms. The Bertz CT molecular complexity index is 784. The number of hydrogen-bond donors (Lipinski definition) is 0. The zero-order chi connectivity index (χ0) is 17.5. The average molecular weight is 340 g/mol. The number of carbonyl (C=O) groups is 1. The highest BCUT2D eigenvalue weighted by atomic mass is 16.5. The van der Waals surface area contributed by atoms with Crippen molar-refractivity contribution in [3.63, 3.8) is 0 Å². The van der Waals surface area contributed by atoms with Crippen LogP contribution < -0.4 is 0 Å². The van der Waals surface area contributed by atoms with Crippen LogP contribution in [0.15, 0.2) is 51.9 Å². The van der Waals surface area contributed by atoms with Gasteiger partial charge in [-0.05, 0) is 43.2 Å². The highest BCUT2D eigenvalue weighted by Gasteiger charge is 2.14. The first-order chi connectivity index (χ1) is 12.3. The fraction of sp³-hybridized carbons (Fsp3) is 0.333.